The minimum absolute atomic E-state index is 0.00504. The van der Waals surface area contributed by atoms with Gasteiger partial charge in [0.25, 0.3) is 0 Å². The molecule has 1 atom stereocenters. The molecule has 0 spiro atoms. The van der Waals surface area contributed by atoms with Crippen LogP contribution in [0.15, 0.2) is 0 Å². The van der Waals surface area contributed by atoms with Gasteiger partial charge in [0.1, 0.15) is 6.10 Å². The van der Waals surface area contributed by atoms with Gasteiger partial charge >= 0.3 is 6.09 Å². The lowest BCUT2D eigenvalue weighted by atomic mass is 10.0. The van der Waals surface area contributed by atoms with E-state index in [2.05, 4.69) is 19.2 Å². The van der Waals surface area contributed by atoms with Crippen molar-refractivity contribution in [1.29, 1.82) is 0 Å². The smallest absolute Gasteiger partial charge is 0.407 e. The zero-order valence-corrected chi connectivity index (χ0v) is 31.4. The lowest BCUT2D eigenvalue weighted by molar-refractivity contribution is 0.0736. The first-order valence-corrected chi connectivity index (χ1v) is 20.9. The van der Waals surface area contributed by atoms with Crippen molar-refractivity contribution in [1.82, 2.24) is 5.32 Å². The molecule has 0 aliphatic carbocycles. The van der Waals surface area contributed by atoms with Gasteiger partial charge in [0.15, 0.2) is 0 Å². The summed E-state index contributed by atoms with van der Waals surface area (Å²) in [7, 11) is 0. The largest absolute Gasteiger partial charge is 0.446 e. The first-order valence-electron chi connectivity index (χ1n) is 20.9. The first-order chi connectivity index (χ1) is 22.7. The number of amides is 1. The maximum atomic E-state index is 12.4. The molecule has 0 fully saturated rings. The number of aliphatic hydroxyl groups excluding tert-OH is 1. The zero-order chi connectivity index (χ0) is 33.4. The third kappa shape index (κ3) is 37.6. The molecule has 1 amide bonds. The number of alkyl carbamates (subject to hydrolysis) is 1. The van der Waals surface area contributed by atoms with E-state index in [4.69, 9.17) is 14.6 Å². The van der Waals surface area contributed by atoms with E-state index in [1.54, 1.807) is 0 Å². The van der Waals surface area contributed by atoms with Gasteiger partial charge in [-0.15, -0.1) is 0 Å². The minimum Gasteiger partial charge on any atom is -0.446 e. The van der Waals surface area contributed by atoms with Gasteiger partial charge in [-0.25, -0.2) is 4.79 Å². The molecule has 0 aromatic carbocycles. The van der Waals surface area contributed by atoms with Crippen molar-refractivity contribution in [3.8, 4) is 0 Å². The van der Waals surface area contributed by atoms with Gasteiger partial charge in [-0.1, -0.05) is 200 Å². The van der Waals surface area contributed by atoms with Crippen molar-refractivity contribution in [3.63, 3.8) is 0 Å². The van der Waals surface area contributed by atoms with Crippen LogP contribution in [0.2, 0.25) is 0 Å². The van der Waals surface area contributed by atoms with Gasteiger partial charge < -0.3 is 19.9 Å². The molecule has 0 heterocycles. The number of hydrogen-bond donors (Lipinski definition) is 2. The third-order valence-electron chi connectivity index (χ3n) is 9.53. The van der Waals surface area contributed by atoms with Crippen molar-refractivity contribution >= 4 is 6.09 Å². The lowest BCUT2D eigenvalue weighted by Gasteiger charge is -2.18. The predicted molar refractivity (Wildman–Crippen MR) is 200 cm³/mol. The third-order valence-corrected chi connectivity index (χ3v) is 9.53. The number of carbonyl (C=O) groups is 1. The summed E-state index contributed by atoms with van der Waals surface area (Å²) in [5.74, 6) is 0. The first kappa shape index (κ1) is 45.2. The number of hydrogen-bond acceptors (Lipinski definition) is 4. The van der Waals surface area contributed by atoms with E-state index in [1.807, 2.05) is 0 Å². The van der Waals surface area contributed by atoms with Crippen molar-refractivity contribution < 1.29 is 19.4 Å². The Kier molecular flexibility index (Phi) is 39.7. The molecule has 2 N–H and O–H groups in total. The van der Waals surface area contributed by atoms with Gasteiger partial charge in [0, 0.05) is 6.54 Å². The molecule has 5 heteroatoms. The monoisotopic (exact) mass is 654 g/mol. The summed E-state index contributed by atoms with van der Waals surface area (Å²) in [6.07, 6.45) is 44.2. The standard InChI is InChI=1S/C41H83NO4/c1-3-5-7-9-11-13-15-17-19-21-23-25-27-29-31-33-35-40(46-41(44)42-36-38-45-39-37-43)34-32-30-28-26-24-22-20-18-16-14-12-10-8-6-4-2/h40,43H,3-39H2,1-2H3,(H,42,44). The van der Waals surface area contributed by atoms with Crippen LogP contribution in [-0.4, -0.2) is 43.7 Å². The van der Waals surface area contributed by atoms with Crippen molar-refractivity contribution in [3.05, 3.63) is 0 Å². The number of unbranched alkanes of at least 4 members (excludes halogenated alkanes) is 29. The van der Waals surface area contributed by atoms with Crippen LogP contribution in [0.1, 0.15) is 226 Å². The second-order valence-corrected chi connectivity index (χ2v) is 14.1. The number of nitrogens with one attached hydrogen (secondary N) is 1. The van der Waals surface area contributed by atoms with Gasteiger partial charge in [0.2, 0.25) is 0 Å². The molecule has 0 bridgehead atoms. The van der Waals surface area contributed by atoms with Crippen LogP contribution in [0.3, 0.4) is 0 Å². The Bertz CT molecular complexity index is 573. The Morgan fingerprint density at radius 1 is 0.478 bits per heavy atom. The Morgan fingerprint density at radius 2 is 0.783 bits per heavy atom. The van der Waals surface area contributed by atoms with Crippen LogP contribution in [0.5, 0.6) is 0 Å². The molecule has 0 aliphatic heterocycles. The van der Waals surface area contributed by atoms with Gasteiger partial charge in [-0.2, -0.15) is 0 Å². The Balaban J connectivity index is 3.90. The molecule has 0 radical (unpaired) electrons. The number of carbonyl (C=O) groups excluding carboxylic acids is 1. The number of rotatable bonds is 39. The highest BCUT2D eigenvalue weighted by molar-refractivity contribution is 5.67. The van der Waals surface area contributed by atoms with Crippen LogP contribution < -0.4 is 5.32 Å². The van der Waals surface area contributed by atoms with E-state index in [0.717, 1.165) is 25.7 Å². The van der Waals surface area contributed by atoms with Crippen LogP contribution in [0.25, 0.3) is 0 Å². The highest BCUT2D eigenvalue weighted by Gasteiger charge is 2.14. The second-order valence-electron chi connectivity index (χ2n) is 14.1. The van der Waals surface area contributed by atoms with E-state index < -0.39 is 0 Å². The Labute approximate surface area is 288 Å². The molecule has 0 saturated carbocycles. The molecule has 0 rings (SSSR count). The fraction of sp³-hybridized carbons (Fsp3) is 0.976. The summed E-state index contributed by atoms with van der Waals surface area (Å²) in [4.78, 5) is 12.4. The van der Waals surface area contributed by atoms with E-state index in [9.17, 15) is 4.79 Å². The molecular weight excluding hydrogens is 570 g/mol. The molecule has 0 aliphatic rings. The van der Waals surface area contributed by atoms with Gasteiger partial charge in [-0.05, 0) is 25.7 Å². The Morgan fingerprint density at radius 3 is 1.09 bits per heavy atom. The summed E-state index contributed by atoms with van der Waals surface area (Å²) >= 11 is 0. The molecule has 0 aromatic rings. The summed E-state index contributed by atoms with van der Waals surface area (Å²) in [5, 5.41) is 11.6. The van der Waals surface area contributed by atoms with Gasteiger partial charge in [-0.3, -0.25) is 0 Å². The molecule has 0 aromatic heterocycles. The second kappa shape index (κ2) is 40.4. The maximum Gasteiger partial charge on any atom is 0.407 e. The van der Waals surface area contributed by atoms with Crippen molar-refractivity contribution in [2.24, 2.45) is 0 Å². The topological polar surface area (TPSA) is 67.8 Å². The average Bonchev–Trinajstić information content (AvgIpc) is 3.06. The molecule has 0 saturated heterocycles. The molecule has 1 unspecified atom stereocenters. The van der Waals surface area contributed by atoms with Crippen LogP contribution >= 0.6 is 0 Å². The van der Waals surface area contributed by atoms with Gasteiger partial charge in [0.05, 0.1) is 19.8 Å². The quantitative estimate of drug-likeness (QED) is 0.0648. The summed E-state index contributed by atoms with van der Waals surface area (Å²) in [6.45, 7) is 5.71. The van der Waals surface area contributed by atoms with Crippen LogP contribution in [0, 0.1) is 0 Å². The minimum atomic E-state index is -0.324. The molecule has 46 heavy (non-hydrogen) atoms. The highest BCUT2D eigenvalue weighted by Crippen LogP contribution is 2.19. The molecule has 5 nitrogen and oxygen atoms in total. The summed E-state index contributed by atoms with van der Waals surface area (Å²) < 4.78 is 11.1. The number of aliphatic hydroxyl groups is 1. The predicted octanol–water partition coefficient (Wildman–Crippen LogP) is 13.0. The Hall–Kier alpha value is -0.810. The zero-order valence-electron chi connectivity index (χ0n) is 31.4. The fourth-order valence-corrected chi connectivity index (χ4v) is 6.51. The lowest BCUT2D eigenvalue weighted by Crippen LogP contribution is -2.31. The highest BCUT2D eigenvalue weighted by atomic mass is 16.6. The van der Waals surface area contributed by atoms with E-state index in [1.165, 1.54) is 186 Å². The summed E-state index contributed by atoms with van der Waals surface area (Å²) in [6, 6.07) is 0. The molecule has 276 valence electrons. The molecular formula is C41H83NO4. The van der Waals surface area contributed by atoms with Crippen molar-refractivity contribution in [2.45, 2.75) is 232 Å². The SMILES string of the molecule is CCCCCCCCCCCCCCCCCCC(CCCCCCCCCCCCCCCCC)OC(=O)NCCOCCO. The average molecular weight is 654 g/mol. The summed E-state index contributed by atoms with van der Waals surface area (Å²) in [5.41, 5.74) is 0. The number of ether oxygens (including phenoxy) is 2. The van der Waals surface area contributed by atoms with Crippen molar-refractivity contribution in [2.75, 3.05) is 26.4 Å². The van der Waals surface area contributed by atoms with Crippen LogP contribution in [-0.2, 0) is 9.47 Å². The van der Waals surface area contributed by atoms with E-state index in [-0.39, 0.29) is 18.8 Å². The van der Waals surface area contributed by atoms with E-state index >= 15 is 0 Å². The normalized spacial score (nSPS) is 12.1. The van der Waals surface area contributed by atoms with Crippen LogP contribution in [0.4, 0.5) is 4.79 Å². The fourth-order valence-electron chi connectivity index (χ4n) is 6.51. The maximum absolute atomic E-state index is 12.4. The van der Waals surface area contributed by atoms with E-state index in [0.29, 0.717) is 19.8 Å².